The summed E-state index contributed by atoms with van der Waals surface area (Å²) in [6.45, 7) is 2.96. The number of hydrogen-bond acceptors (Lipinski definition) is 3. The maximum Gasteiger partial charge on any atom is 0.320 e. The molecule has 1 rings (SSSR count). The summed E-state index contributed by atoms with van der Waals surface area (Å²) in [7, 11) is 0. The number of rotatable bonds is 7. The van der Waals surface area contributed by atoms with Crippen LogP contribution >= 0.6 is 11.8 Å². The van der Waals surface area contributed by atoms with Crippen LogP contribution in [0.15, 0.2) is 0 Å². The van der Waals surface area contributed by atoms with Crippen molar-refractivity contribution in [1.29, 1.82) is 0 Å². The van der Waals surface area contributed by atoms with Crippen LogP contribution in [0.4, 0.5) is 0 Å². The van der Waals surface area contributed by atoms with Gasteiger partial charge >= 0.3 is 5.97 Å². The second-order valence-corrected chi connectivity index (χ2v) is 5.03. The average molecular weight is 217 g/mol. The quantitative estimate of drug-likeness (QED) is 0.677. The summed E-state index contributed by atoms with van der Waals surface area (Å²) in [5.41, 5.74) is 0. The average Bonchev–Trinajstić information content (AvgIpc) is 2.88. The minimum atomic E-state index is -0.691. The largest absolute Gasteiger partial charge is 0.480 e. The van der Waals surface area contributed by atoms with E-state index in [0.29, 0.717) is 11.8 Å². The van der Waals surface area contributed by atoms with E-state index in [4.69, 9.17) is 5.11 Å². The van der Waals surface area contributed by atoms with Gasteiger partial charge in [-0.1, -0.05) is 6.92 Å². The van der Waals surface area contributed by atoms with Crippen LogP contribution < -0.4 is 5.32 Å². The molecule has 2 N–H and O–H groups in total. The van der Waals surface area contributed by atoms with Crippen LogP contribution in [0.2, 0.25) is 0 Å². The van der Waals surface area contributed by atoms with Crippen LogP contribution in [0.1, 0.15) is 19.8 Å². The van der Waals surface area contributed by atoms with E-state index in [1.54, 1.807) is 11.8 Å². The Kier molecular flexibility index (Phi) is 4.75. The zero-order chi connectivity index (χ0) is 10.6. The molecule has 2 atom stereocenters. The highest BCUT2D eigenvalue weighted by atomic mass is 32.2. The summed E-state index contributed by atoms with van der Waals surface area (Å²) >= 11 is 1.81. The minimum absolute atomic E-state index is 0.306. The molecule has 0 spiro atoms. The van der Waals surface area contributed by atoms with Crippen molar-refractivity contribution >= 4 is 17.7 Å². The highest BCUT2D eigenvalue weighted by Crippen LogP contribution is 2.32. The number of carboxylic acids is 1. The number of carbonyl (C=O) groups is 1. The molecule has 0 aliphatic heterocycles. The second-order valence-electron chi connectivity index (χ2n) is 4.12. The molecule has 0 radical (unpaired) electrons. The van der Waals surface area contributed by atoms with E-state index in [-0.39, 0.29) is 6.04 Å². The number of aliphatic carboxylic acids is 1. The van der Waals surface area contributed by atoms with Crippen molar-refractivity contribution in [3.8, 4) is 0 Å². The van der Waals surface area contributed by atoms with Crippen LogP contribution in [0.3, 0.4) is 0 Å². The Hall–Kier alpha value is -0.220. The molecule has 1 aliphatic carbocycles. The Morgan fingerprint density at radius 3 is 2.71 bits per heavy atom. The Labute approximate surface area is 89.6 Å². The summed E-state index contributed by atoms with van der Waals surface area (Å²) in [5.74, 6) is 1.33. The molecule has 0 aromatic heterocycles. The third-order valence-electron chi connectivity index (χ3n) is 2.50. The van der Waals surface area contributed by atoms with Gasteiger partial charge in [0.25, 0.3) is 0 Å². The topological polar surface area (TPSA) is 49.3 Å². The van der Waals surface area contributed by atoms with Crippen molar-refractivity contribution in [1.82, 2.24) is 5.32 Å². The SMILES string of the molecule is CSCC(C)CNC(C(=O)O)C1CC1. The van der Waals surface area contributed by atoms with Crippen LogP contribution in [-0.2, 0) is 4.79 Å². The molecular weight excluding hydrogens is 198 g/mol. The Morgan fingerprint density at radius 2 is 2.29 bits per heavy atom. The van der Waals surface area contributed by atoms with Gasteiger partial charge in [-0.2, -0.15) is 11.8 Å². The normalized spacial score (nSPS) is 20.4. The first-order valence-electron chi connectivity index (χ1n) is 5.10. The van der Waals surface area contributed by atoms with Crippen LogP contribution in [0.5, 0.6) is 0 Å². The fourth-order valence-electron chi connectivity index (χ4n) is 1.56. The summed E-state index contributed by atoms with van der Waals surface area (Å²) in [6, 6.07) is -0.306. The van der Waals surface area contributed by atoms with Crippen molar-refractivity contribution in [3.63, 3.8) is 0 Å². The predicted octanol–water partition coefficient (Wildman–Crippen LogP) is 1.44. The summed E-state index contributed by atoms with van der Waals surface area (Å²) < 4.78 is 0. The van der Waals surface area contributed by atoms with Gasteiger partial charge in [-0.15, -0.1) is 0 Å². The molecule has 1 saturated carbocycles. The van der Waals surface area contributed by atoms with Gasteiger partial charge in [0.2, 0.25) is 0 Å². The minimum Gasteiger partial charge on any atom is -0.480 e. The molecule has 0 aromatic carbocycles. The fourth-order valence-corrected chi connectivity index (χ4v) is 2.24. The summed E-state index contributed by atoms with van der Waals surface area (Å²) in [5, 5.41) is 12.1. The third-order valence-corrected chi connectivity index (χ3v) is 3.40. The van der Waals surface area contributed by atoms with E-state index < -0.39 is 5.97 Å². The Balaban J connectivity index is 2.22. The lowest BCUT2D eigenvalue weighted by Crippen LogP contribution is -2.41. The monoisotopic (exact) mass is 217 g/mol. The van der Waals surface area contributed by atoms with Crippen LogP contribution in [-0.4, -0.2) is 35.7 Å². The van der Waals surface area contributed by atoms with Crippen molar-refractivity contribution in [3.05, 3.63) is 0 Å². The molecule has 14 heavy (non-hydrogen) atoms. The van der Waals surface area contributed by atoms with Gasteiger partial charge in [-0.05, 0) is 43.2 Å². The maximum absolute atomic E-state index is 10.9. The molecule has 0 bridgehead atoms. The highest BCUT2D eigenvalue weighted by molar-refractivity contribution is 7.98. The number of carboxylic acid groups (broad SMARTS) is 1. The van der Waals surface area contributed by atoms with Gasteiger partial charge < -0.3 is 10.4 Å². The molecule has 0 saturated heterocycles. The Morgan fingerprint density at radius 1 is 1.64 bits per heavy atom. The van der Waals surface area contributed by atoms with Crippen molar-refractivity contribution < 1.29 is 9.90 Å². The van der Waals surface area contributed by atoms with E-state index in [0.717, 1.165) is 25.1 Å². The number of thioether (sulfide) groups is 1. The first-order valence-corrected chi connectivity index (χ1v) is 6.49. The smallest absolute Gasteiger partial charge is 0.320 e. The summed E-state index contributed by atoms with van der Waals surface area (Å²) in [4.78, 5) is 10.9. The molecule has 0 aromatic rings. The number of hydrogen-bond donors (Lipinski definition) is 2. The lowest BCUT2D eigenvalue weighted by atomic mass is 10.1. The van der Waals surface area contributed by atoms with Gasteiger partial charge in [-0.25, -0.2) is 0 Å². The predicted molar refractivity (Wildman–Crippen MR) is 59.7 cm³/mol. The van der Waals surface area contributed by atoms with Gasteiger partial charge in [0, 0.05) is 0 Å². The van der Waals surface area contributed by atoms with E-state index in [2.05, 4.69) is 18.5 Å². The fraction of sp³-hybridized carbons (Fsp3) is 0.900. The van der Waals surface area contributed by atoms with E-state index in [1.807, 2.05) is 0 Å². The second kappa shape index (κ2) is 5.61. The van der Waals surface area contributed by atoms with Crippen LogP contribution in [0, 0.1) is 11.8 Å². The first-order chi connectivity index (χ1) is 6.65. The van der Waals surface area contributed by atoms with E-state index in [1.165, 1.54) is 0 Å². The maximum atomic E-state index is 10.9. The van der Waals surface area contributed by atoms with Crippen molar-refractivity contribution in [2.24, 2.45) is 11.8 Å². The molecule has 82 valence electrons. The van der Waals surface area contributed by atoms with Crippen molar-refractivity contribution in [2.45, 2.75) is 25.8 Å². The van der Waals surface area contributed by atoms with Crippen molar-refractivity contribution in [2.75, 3.05) is 18.6 Å². The van der Waals surface area contributed by atoms with Crippen LogP contribution in [0.25, 0.3) is 0 Å². The Bertz CT molecular complexity index is 195. The van der Waals surface area contributed by atoms with Gasteiger partial charge in [-0.3, -0.25) is 4.79 Å². The highest BCUT2D eigenvalue weighted by Gasteiger charge is 2.35. The first kappa shape index (κ1) is 11.9. The van der Waals surface area contributed by atoms with Gasteiger partial charge in [0.15, 0.2) is 0 Å². The molecule has 0 amide bonds. The molecule has 2 unspecified atom stereocenters. The third kappa shape index (κ3) is 3.88. The molecule has 4 heteroatoms. The zero-order valence-electron chi connectivity index (χ0n) is 8.82. The van der Waals surface area contributed by atoms with Gasteiger partial charge in [0.05, 0.1) is 0 Å². The standard InChI is InChI=1S/C10H19NO2S/c1-7(6-14-2)5-11-9(10(12)13)8-3-4-8/h7-9,11H,3-6H2,1-2H3,(H,12,13). The van der Waals surface area contributed by atoms with E-state index >= 15 is 0 Å². The molecule has 3 nitrogen and oxygen atoms in total. The molecular formula is C10H19NO2S. The zero-order valence-corrected chi connectivity index (χ0v) is 9.64. The summed E-state index contributed by atoms with van der Waals surface area (Å²) in [6.07, 6.45) is 4.22. The lowest BCUT2D eigenvalue weighted by Gasteiger charge is -2.16. The molecule has 1 aliphatic rings. The lowest BCUT2D eigenvalue weighted by molar-refractivity contribution is -0.140. The van der Waals surface area contributed by atoms with Gasteiger partial charge in [0.1, 0.15) is 6.04 Å². The molecule has 0 heterocycles. The molecule has 1 fully saturated rings. The van der Waals surface area contributed by atoms with E-state index in [9.17, 15) is 4.79 Å². The number of nitrogens with one attached hydrogen (secondary N) is 1.